The number of thioether (sulfide) groups is 1. The van der Waals surface area contributed by atoms with Gasteiger partial charge in [0.1, 0.15) is 10.6 Å². The first-order valence-electron chi connectivity index (χ1n) is 10.5. The van der Waals surface area contributed by atoms with E-state index >= 15 is 0 Å². The summed E-state index contributed by atoms with van der Waals surface area (Å²) in [5.74, 6) is 0.152. The maximum Gasteiger partial charge on any atom is 0.246 e. The Morgan fingerprint density at radius 3 is 2.74 bits per heavy atom. The van der Waals surface area contributed by atoms with Crippen molar-refractivity contribution in [1.29, 1.82) is 0 Å². The first-order chi connectivity index (χ1) is 15.0. The monoisotopic (exact) mass is 466 g/mol. The van der Waals surface area contributed by atoms with Crippen LogP contribution in [0.4, 0.5) is 5.69 Å². The van der Waals surface area contributed by atoms with Crippen LogP contribution in [-0.2, 0) is 14.8 Å². The van der Waals surface area contributed by atoms with Gasteiger partial charge in [0.15, 0.2) is 0 Å². The van der Waals surface area contributed by atoms with E-state index in [1.165, 1.54) is 22.1 Å². The molecule has 1 N–H and O–H groups in total. The van der Waals surface area contributed by atoms with Gasteiger partial charge >= 0.3 is 0 Å². The highest BCUT2D eigenvalue weighted by Crippen LogP contribution is 2.36. The van der Waals surface area contributed by atoms with Gasteiger partial charge in [0.25, 0.3) is 0 Å². The van der Waals surface area contributed by atoms with E-state index in [9.17, 15) is 13.2 Å². The summed E-state index contributed by atoms with van der Waals surface area (Å²) >= 11 is 1.26. The van der Waals surface area contributed by atoms with Gasteiger partial charge in [0.2, 0.25) is 21.1 Å². The summed E-state index contributed by atoms with van der Waals surface area (Å²) < 4.78 is 35.2. The topological polar surface area (TPSA) is 119 Å². The number of carbonyl (C=O) groups excluding carboxylic acids is 1. The summed E-state index contributed by atoms with van der Waals surface area (Å²) in [6, 6.07) is 5.05. The molecule has 2 aromatic rings. The smallest absolute Gasteiger partial charge is 0.246 e. The third kappa shape index (κ3) is 5.18. The molecule has 1 aromatic heterocycles. The van der Waals surface area contributed by atoms with Crippen LogP contribution < -0.4 is 10.1 Å². The fourth-order valence-electron chi connectivity index (χ4n) is 3.46. The number of piperidine rings is 1. The average Bonchev–Trinajstić information content (AvgIpc) is 3.51. The number of anilines is 1. The molecule has 1 aromatic carbocycles. The summed E-state index contributed by atoms with van der Waals surface area (Å²) in [4.78, 5) is 12.6. The molecule has 0 atom stereocenters. The predicted molar refractivity (Wildman–Crippen MR) is 116 cm³/mol. The highest BCUT2D eigenvalue weighted by atomic mass is 32.2. The van der Waals surface area contributed by atoms with Crippen LogP contribution in [0.1, 0.15) is 45.1 Å². The summed E-state index contributed by atoms with van der Waals surface area (Å²) in [7, 11) is -3.71. The van der Waals surface area contributed by atoms with E-state index in [1.807, 2.05) is 0 Å². The first kappa shape index (κ1) is 22.0. The standard InChI is InChI=1S/C19H26N6O4S2/c1-2-29-16-9-6-14(12-17(16)31(27,28)24-10-4-3-5-11-24)20-18(26)13-30-19-21-22-23-25(19)15-7-8-15/h6,9,12,15H,2-5,7-8,10-11,13H2,1H3,(H,20,26). The lowest BCUT2D eigenvalue weighted by molar-refractivity contribution is -0.113. The minimum atomic E-state index is -3.71. The molecule has 1 aliphatic carbocycles. The third-order valence-electron chi connectivity index (χ3n) is 5.15. The lowest BCUT2D eigenvalue weighted by atomic mass is 10.2. The Hall–Kier alpha value is -2.18. The third-order valence-corrected chi connectivity index (χ3v) is 8.00. The van der Waals surface area contributed by atoms with E-state index in [2.05, 4.69) is 20.8 Å². The van der Waals surface area contributed by atoms with Crippen molar-refractivity contribution in [3.8, 4) is 5.75 Å². The molecule has 31 heavy (non-hydrogen) atoms. The van der Waals surface area contributed by atoms with Crippen LogP contribution in [0, 0.1) is 0 Å². The number of tetrazole rings is 1. The quantitative estimate of drug-likeness (QED) is 0.559. The zero-order valence-corrected chi connectivity index (χ0v) is 19.0. The van der Waals surface area contributed by atoms with Crippen LogP contribution in [0.15, 0.2) is 28.3 Å². The Balaban J connectivity index is 1.47. The second kappa shape index (κ2) is 9.53. The summed E-state index contributed by atoms with van der Waals surface area (Å²) in [6.45, 7) is 3.15. The van der Waals surface area contributed by atoms with Gasteiger partial charge in [0, 0.05) is 18.8 Å². The summed E-state index contributed by atoms with van der Waals surface area (Å²) in [6.07, 6.45) is 4.81. The SMILES string of the molecule is CCOc1ccc(NC(=O)CSc2nnnn2C2CC2)cc1S(=O)(=O)N1CCCCC1. The fraction of sp³-hybridized carbons (Fsp3) is 0.579. The molecule has 0 bridgehead atoms. The zero-order valence-electron chi connectivity index (χ0n) is 17.4. The number of carbonyl (C=O) groups is 1. The van der Waals surface area contributed by atoms with Crippen molar-refractivity contribution >= 4 is 33.4 Å². The molecule has 12 heteroatoms. The lowest BCUT2D eigenvalue weighted by Crippen LogP contribution is -2.35. The molecule has 1 amide bonds. The van der Waals surface area contributed by atoms with E-state index in [0.717, 1.165) is 32.1 Å². The van der Waals surface area contributed by atoms with Gasteiger partial charge in [0.05, 0.1) is 18.4 Å². The van der Waals surface area contributed by atoms with Gasteiger partial charge in [-0.15, -0.1) is 5.10 Å². The first-order valence-corrected chi connectivity index (χ1v) is 12.9. The highest BCUT2D eigenvalue weighted by molar-refractivity contribution is 7.99. The number of aromatic nitrogens is 4. The van der Waals surface area contributed by atoms with E-state index in [0.29, 0.717) is 42.3 Å². The molecular weight excluding hydrogens is 440 g/mol. The van der Waals surface area contributed by atoms with Gasteiger partial charge in [-0.05, 0) is 61.2 Å². The van der Waals surface area contributed by atoms with E-state index in [-0.39, 0.29) is 16.6 Å². The van der Waals surface area contributed by atoms with Crippen molar-refractivity contribution in [2.75, 3.05) is 30.8 Å². The number of ether oxygens (including phenoxy) is 1. The van der Waals surface area contributed by atoms with Gasteiger partial charge < -0.3 is 10.1 Å². The Morgan fingerprint density at radius 2 is 2.03 bits per heavy atom. The van der Waals surface area contributed by atoms with Crippen LogP contribution in [0.3, 0.4) is 0 Å². The molecule has 0 unspecified atom stereocenters. The number of benzene rings is 1. The van der Waals surface area contributed by atoms with Crippen LogP contribution in [0.5, 0.6) is 5.75 Å². The fourth-order valence-corrected chi connectivity index (χ4v) is 5.88. The Bertz CT molecular complexity index is 1030. The Kier molecular flexibility index (Phi) is 6.77. The Morgan fingerprint density at radius 1 is 1.26 bits per heavy atom. The second-order valence-corrected chi connectivity index (χ2v) is 10.4. The average molecular weight is 467 g/mol. The highest BCUT2D eigenvalue weighted by Gasteiger charge is 2.30. The molecule has 10 nitrogen and oxygen atoms in total. The molecule has 1 saturated carbocycles. The number of rotatable bonds is 9. The largest absolute Gasteiger partial charge is 0.492 e. The van der Waals surface area contributed by atoms with E-state index in [1.54, 1.807) is 23.7 Å². The van der Waals surface area contributed by atoms with Gasteiger partial charge in [-0.2, -0.15) is 4.31 Å². The number of hydrogen-bond donors (Lipinski definition) is 1. The molecule has 1 saturated heterocycles. The number of amides is 1. The number of nitrogens with zero attached hydrogens (tertiary/aromatic N) is 5. The number of nitrogens with one attached hydrogen (secondary N) is 1. The van der Waals surface area contributed by atoms with E-state index in [4.69, 9.17) is 4.74 Å². The van der Waals surface area contributed by atoms with Crippen molar-refractivity contribution < 1.29 is 17.9 Å². The van der Waals surface area contributed by atoms with E-state index < -0.39 is 10.0 Å². The van der Waals surface area contributed by atoms with Crippen molar-refractivity contribution in [1.82, 2.24) is 24.5 Å². The minimum absolute atomic E-state index is 0.0828. The van der Waals surface area contributed by atoms with Gasteiger partial charge in [-0.3, -0.25) is 4.79 Å². The lowest BCUT2D eigenvalue weighted by Gasteiger charge is -2.27. The second-order valence-electron chi connectivity index (χ2n) is 7.53. The van der Waals surface area contributed by atoms with Crippen molar-refractivity contribution in [2.24, 2.45) is 0 Å². The normalized spacial score (nSPS) is 17.5. The van der Waals surface area contributed by atoms with Crippen LogP contribution in [0.25, 0.3) is 0 Å². The summed E-state index contributed by atoms with van der Waals surface area (Å²) in [5.41, 5.74) is 0.409. The van der Waals surface area contributed by atoms with Crippen LogP contribution in [0.2, 0.25) is 0 Å². The summed E-state index contributed by atoms with van der Waals surface area (Å²) in [5, 5.41) is 15.0. The molecule has 2 fully saturated rings. The molecule has 0 spiro atoms. The predicted octanol–water partition coefficient (Wildman–Crippen LogP) is 2.31. The number of sulfonamides is 1. The molecule has 168 valence electrons. The Labute approximate surface area is 185 Å². The van der Waals surface area contributed by atoms with Crippen LogP contribution >= 0.6 is 11.8 Å². The molecule has 2 aliphatic rings. The zero-order chi connectivity index (χ0) is 21.8. The van der Waals surface area contributed by atoms with Gasteiger partial charge in [-0.1, -0.05) is 18.2 Å². The molecule has 0 radical (unpaired) electrons. The molecule has 2 heterocycles. The maximum absolute atomic E-state index is 13.2. The molecular formula is C19H26N6O4S2. The van der Waals surface area contributed by atoms with Crippen molar-refractivity contribution in [2.45, 2.75) is 55.1 Å². The minimum Gasteiger partial charge on any atom is -0.492 e. The maximum atomic E-state index is 13.2. The van der Waals surface area contributed by atoms with Crippen molar-refractivity contribution in [3.63, 3.8) is 0 Å². The molecule has 1 aliphatic heterocycles. The molecule has 4 rings (SSSR count). The van der Waals surface area contributed by atoms with Crippen molar-refractivity contribution in [3.05, 3.63) is 18.2 Å². The number of hydrogen-bond acceptors (Lipinski definition) is 8. The van der Waals surface area contributed by atoms with Gasteiger partial charge in [-0.25, -0.2) is 13.1 Å². The van der Waals surface area contributed by atoms with Crippen LogP contribution in [-0.4, -0.2) is 64.3 Å².